The zero-order valence-corrected chi connectivity index (χ0v) is 13.5. The summed E-state index contributed by atoms with van der Waals surface area (Å²) in [6.07, 6.45) is 2.94. The average molecular weight is 346 g/mol. The average Bonchev–Trinajstić information content (AvgIpc) is 3.06. The first-order valence-electron chi connectivity index (χ1n) is 7.61. The molecule has 0 atom stereocenters. The maximum Gasteiger partial charge on any atom is 0.239 e. The number of halogens is 2. The van der Waals surface area contributed by atoms with Gasteiger partial charge in [-0.2, -0.15) is 0 Å². The molecule has 2 N–H and O–H groups in total. The van der Waals surface area contributed by atoms with Crippen LogP contribution in [0.1, 0.15) is 5.56 Å². The van der Waals surface area contributed by atoms with E-state index in [-0.39, 0.29) is 31.0 Å². The Kier molecular flexibility index (Phi) is 4.82. The summed E-state index contributed by atoms with van der Waals surface area (Å²) in [4.78, 5) is 28.8. The van der Waals surface area contributed by atoms with E-state index < -0.39 is 11.6 Å². The van der Waals surface area contributed by atoms with E-state index in [9.17, 15) is 13.6 Å². The highest BCUT2D eigenvalue weighted by Gasteiger charge is 2.14. The highest BCUT2D eigenvalue weighted by Crippen LogP contribution is 2.17. The van der Waals surface area contributed by atoms with Crippen molar-refractivity contribution in [3.63, 3.8) is 0 Å². The second-order valence-corrected chi connectivity index (χ2v) is 5.45. The second-order valence-electron chi connectivity index (χ2n) is 5.45. The van der Waals surface area contributed by atoms with Crippen LogP contribution in [0.4, 0.5) is 14.6 Å². The normalized spacial score (nSPS) is 10.8. The van der Waals surface area contributed by atoms with Gasteiger partial charge in [0.1, 0.15) is 23.5 Å². The number of aromatic amines is 1. The Bertz CT molecular complexity index is 877. The standard InChI is InChI=1S/C16H16F2N6O/c1-24(16-14-15(21-8-20-14)22-9-23-16)7-13(25)19-6-5-10-11(17)3-2-4-12(10)18/h2-4,8-9H,5-7H2,1H3,(H,19,25)(H,20,21,22,23). The van der Waals surface area contributed by atoms with Gasteiger partial charge in [-0.05, 0) is 18.6 Å². The number of nitrogens with zero attached hydrogens (tertiary/aromatic N) is 4. The summed E-state index contributed by atoms with van der Waals surface area (Å²) in [5, 5.41) is 2.64. The van der Waals surface area contributed by atoms with Crippen LogP contribution in [0.5, 0.6) is 0 Å². The van der Waals surface area contributed by atoms with Gasteiger partial charge in [0.05, 0.1) is 12.9 Å². The van der Waals surface area contributed by atoms with Crippen LogP contribution in [0.2, 0.25) is 0 Å². The number of carbonyl (C=O) groups is 1. The third kappa shape index (κ3) is 3.70. The van der Waals surface area contributed by atoms with E-state index in [0.29, 0.717) is 17.0 Å². The van der Waals surface area contributed by atoms with Gasteiger partial charge in [-0.15, -0.1) is 0 Å². The zero-order chi connectivity index (χ0) is 17.8. The van der Waals surface area contributed by atoms with Crippen LogP contribution in [0.25, 0.3) is 11.2 Å². The predicted molar refractivity (Wildman–Crippen MR) is 88.0 cm³/mol. The molecule has 0 radical (unpaired) electrons. The summed E-state index contributed by atoms with van der Waals surface area (Å²) in [6.45, 7) is 0.165. The molecule has 130 valence electrons. The topological polar surface area (TPSA) is 86.8 Å². The second kappa shape index (κ2) is 7.20. The number of hydrogen-bond acceptors (Lipinski definition) is 5. The fourth-order valence-electron chi connectivity index (χ4n) is 2.49. The molecule has 1 aromatic carbocycles. The van der Waals surface area contributed by atoms with Gasteiger partial charge in [0.25, 0.3) is 0 Å². The number of aromatic nitrogens is 4. The van der Waals surface area contributed by atoms with Crippen LogP contribution in [-0.4, -0.2) is 46.0 Å². The van der Waals surface area contributed by atoms with E-state index in [2.05, 4.69) is 25.3 Å². The van der Waals surface area contributed by atoms with Crippen molar-refractivity contribution in [1.29, 1.82) is 0 Å². The summed E-state index contributed by atoms with van der Waals surface area (Å²) in [5.74, 6) is -0.980. The van der Waals surface area contributed by atoms with E-state index >= 15 is 0 Å². The molecule has 3 aromatic rings. The predicted octanol–water partition coefficient (Wildman–Crippen LogP) is 1.43. The van der Waals surface area contributed by atoms with Gasteiger partial charge >= 0.3 is 0 Å². The monoisotopic (exact) mass is 346 g/mol. The lowest BCUT2D eigenvalue weighted by Crippen LogP contribution is -2.36. The highest BCUT2D eigenvalue weighted by atomic mass is 19.1. The first-order chi connectivity index (χ1) is 12.1. The zero-order valence-electron chi connectivity index (χ0n) is 13.5. The van der Waals surface area contributed by atoms with E-state index in [1.54, 1.807) is 11.9 Å². The number of H-pyrrole nitrogens is 1. The molecular weight excluding hydrogens is 330 g/mol. The van der Waals surface area contributed by atoms with Gasteiger partial charge in [-0.3, -0.25) is 4.79 Å². The molecule has 2 aromatic heterocycles. The molecule has 7 nitrogen and oxygen atoms in total. The Labute approximate surface area is 142 Å². The van der Waals surface area contributed by atoms with Gasteiger partial charge in [0, 0.05) is 19.2 Å². The molecule has 0 saturated carbocycles. The number of rotatable bonds is 6. The molecule has 0 aliphatic carbocycles. The Hall–Kier alpha value is -3.10. The first kappa shape index (κ1) is 16.7. The Morgan fingerprint density at radius 3 is 2.76 bits per heavy atom. The minimum atomic E-state index is -0.617. The number of fused-ring (bicyclic) bond motifs is 1. The number of nitrogens with one attached hydrogen (secondary N) is 2. The number of imidazole rings is 1. The first-order valence-corrected chi connectivity index (χ1v) is 7.61. The van der Waals surface area contributed by atoms with E-state index in [0.717, 1.165) is 0 Å². The number of benzene rings is 1. The fraction of sp³-hybridized carbons (Fsp3) is 0.250. The van der Waals surface area contributed by atoms with Crippen LogP contribution in [0.15, 0.2) is 30.9 Å². The van der Waals surface area contributed by atoms with Crippen molar-refractivity contribution in [3.8, 4) is 0 Å². The molecule has 0 saturated heterocycles. The van der Waals surface area contributed by atoms with Gasteiger partial charge in [0.2, 0.25) is 5.91 Å². The molecular formula is C16H16F2N6O. The molecule has 0 unspecified atom stereocenters. The maximum atomic E-state index is 13.5. The lowest BCUT2D eigenvalue weighted by Gasteiger charge is -2.17. The fourth-order valence-corrected chi connectivity index (χ4v) is 2.49. The Morgan fingerprint density at radius 2 is 2.00 bits per heavy atom. The number of carbonyl (C=O) groups excluding carboxylic acids is 1. The number of likely N-dealkylation sites (N-methyl/N-ethyl adjacent to an activating group) is 1. The van der Waals surface area contributed by atoms with Crippen molar-refractivity contribution in [3.05, 3.63) is 48.1 Å². The summed E-state index contributed by atoms with van der Waals surface area (Å²) in [7, 11) is 1.71. The molecule has 2 heterocycles. The summed E-state index contributed by atoms with van der Waals surface area (Å²) in [5.41, 5.74) is 1.10. The minimum absolute atomic E-state index is 0.0326. The third-order valence-electron chi connectivity index (χ3n) is 3.70. The van der Waals surface area contributed by atoms with Crippen LogP contribution in [0.3, 0.4) is 0 Å². The molecule has 0 fully saturated rings. The largest absolute Gasteiger partial charge is 0.354 e. The maximum absolute atomic E-state index is 13.5. The van der Waals surface area contributed by atoms with Gasteiger partial charge in [-0.25, -0.2) is 23.7 Å². The summed E-state index contributed by atoms with van der Waals surface area (Å²) in [6, 6.07) is 3.69. The van der Waals surface area contributed by atoms with Crippen molar-refractivity contribution < 1.29 is 13.6 Å². The molecule has 0 aliphatic heterocycles. The third-order valence-corrected chi connectivity index (χ3v) is 3.70. The smallest absolute Gasteiger partial charge is 0.239 e. The number of hydrogen-bond donors (Lipinski definition) is 2. The van der Waals surface area contributed by atoms with Crippen LogP contribution in [0, 0.1) is 11.6 Å². The van der Waals surface area contributed by atoms with Crippen LogP contribution in [-0.2, 0) is 11.2 Å². The van der Waals surface area contributed by atoms with Crippen LogP contribution >= 0.6 is 0 Å². The molecule has 9 heteroatoms. The van der Waals surface area contributed by atoms with Crippen molar-refractivity contribution in [2.75, 3.05) is 25.0 Å². The van der Waals surface area contributed by atoms with Crippen LogP contribution < -0.4 is 10.2 Å². The molecule has 25 heavy (non-hydrogen) atoms. The molecule has 0 spiro atoms. The SMILES string of the molecule is CN(CC(=O)NCCc1c(F)cccc1F)c1ncnc2nc[nH]c12. The van der Waals surface area contributed by atoms with Gasteiger partial charge in [0.15, 0.2) is 11.5 Å². The summed E-state index contributed by atoms with van der Waals surface area (Å²) >= 11 is 0. The highest BCUT2D eigenvalue weighted by molar-refractivity contribution is 5.86. The van der Waals surface area contributed by atoms with Crippen molar-refractivity contribution in [1.82, 2.24) is 25.3 Å². The Balaban J connectivity index is 1.57. The van der Waals surface area contributed by atoms with Crippen molar-refractivity contribution >= 4 is 22.9 Å². The molecule has 1 amide bonds. The molecule has 3 rings (SSSR count). The Morgan fingerprint density at radius 1 is 1.24 bits per heavy atom. The summed E-state index contributed by atoms with van der Waals surface area (Å²) < 4.78 is 27.1. The van der Waals surface area contributed by atoms with Crippen molar-refractivity contribution in [2.24, 2.45) is 0 Å². The molecule has 0 bridgehead atoms. The quantitative estimate of drug-likeness (QED) is 0.705. The van der Waals surface area contributed by atoms with E-state index in [4.69, 9.17) is 0 Å². The van der Waals surface area contributed by atoms with Crippen molar-refractivity contribution in [2.45, 2.75) is 6.42 Å². The lowest BCUT2D eigenvalue weighted by molar-refractivity contribution is -0.119. The van der Waals surface area contributed by atoms with E-state index in [1.807, 2.05) is 0 Å². The van der Waals surface area contributed by atoms with E-state index in [1.165, 1.54) is 30.9 Å². The minimum Gasteiger partial charge on any atom is -0.354 e. The lowest BCUT2D eigenvalue weighted by atomic mass is 10.1. The van der Waals surface area contributed by atoms with Gasteiger partial charge < -0.3 is 15.2 Å². The molecule has 0 aliphatic rings. The van der Waals surface area contributed by atoms with Gasteiger partial charge in [-0.1, -0.05) is 6.07 Å². The number of anilines is 1. The number of amides is 1.